The molecule has 0 saturated carbocycles. The number of nitrogens with zero attached hydrogens (tertiary/aromatic N) is 3. The zero-order valence-electron chi connectivity index (χ0n) is 18.7. The van der Waals surface area contributed by atoms with Gasteiger partial charge < -0.3 is 20.3 Å². The minimum Gasteiger partial charge on any atom is -0.377 e. The summed E-state index contributed by atoms with van der Waals surface area (Å²) in [6.45, 7) is 13.2. The number of pyridine rings is 1. The van der Waals surface area contributed by atoms with Gasteiger partial charge in [0.1, 0.15) is 5.82 Å². The number of hydrogen-bond donors (Lipinski definition) is 2. The van der Waals surface area contributed by atoms with Crippen LogP contribution in [0.3, 0.4) is 0 Å². The molecule has 0 aliphatic carbocycles. The number of aromatic nitrogens is 1. The lowest BCUT2D eigenvalue weighted by atomic mass is 9.78. The van der Waals surface area contributed by atoms with Gasteiger partial charge in [0.2, 0.25) is 0 Å². The second-order valence-corrected chi connectivity index (χ2v) is 9.57. The van der Waals surface area contributed by atoms with Crippen LogP contribution in [0.15, 0.2) is 23.3 Å². The third-order valence-electron chi connectivity index (χ3n) is 5.69. The first kappa shape index (κ1) is 25.5. The molecule has 0 bridgehead atoms. The number of aliphatic imine (C=N–C) groups is 1. The van der Waals surface area contributed by atoms with Gasteiger partial charge in [0.05, 0.1) is 11.1 Å². The standard InChI is InChI=1S/C22H36ClN5O.HI/c1-5-24-21(26-14-16-8-7-13-29-19(16)22(2,3)4)27-17-10-12-28(15-17)20-18(23)9-6-11-25-20;/h6,9,11,16-17,19H,5,7-8,10,12-15H2,1-4H3,(H2,24,26,27);1H. The molecular formula is C22H37ClIN5O. The molecule has 2 aliphatic rings. The van der Waals surface area contributed by atoms with Crippen molar-refractivity contribution in [2.45, 2.75) is 59.1 Å². The van der Waals surface area contributed by atoms with Crippen molar-refractivity contribution in [2.75, 3.05) is 37.7 Å². The Morgan fingerprint density at radius 3 is 2.87 bits per heavy atom. The first-order chi connectivity index (χ1) is 13.9. The normalized spacial score (nSPS) is 25.0. The summed E-state index contributed by atoms with van der Waals surface area (Å²) in [4.78, 5) is 11.6. The largest absolute Gasteiger partial charge is 0.377 e. The van der Waals surface area contributed by atoms with E-state index in [2.05, 4.69) is 48.2 Å². The highest BCUT2D eigenvalue weighted by atomic mass is 127. The van der Waals surface area contributed by atoms with Gasteiger partial charge in [-0.2, -0.15) is 0 Å². The molecule has 2 fully saturated rings. The quantitative estimate of drug-likeness (QED) is 0.325. The fourth-order valence-electron chi connectivity index (χ4n) is 4.39. The van der Waals surface area contributed by atoms with E-state index in [1.165, 1.54) is 6.42 Å². The fourth-order valence-corrected chi connectivity index (χ4v) is 4.63. The van der Waals surface area contributed by atoms with Gasteiger partial charge in [-0.25, -0.2) is 4.98 Å². The highest BCUT2D eigenvalue weighted by Gasteiger charge is 2.35. The van der Waals surface area contributed by atoms with Crippen molar-refractivity contribution in [1.29, 1.82) is 0 Å². The molecular weight excluding hydrogens is 513 g/mol. The predicted molar refractivity (Wildman–Crippen MR) is 136 cm³/mol. The van der Waals surface area contributed by atoms with Crippen molar-refractivity contribution in [3.05, 3.63) is 23.4 Å². The maximum Gasteiger partial charge on any atom is 0.191 e. The molecule has 8 heteroatoms. The highest BCUT2D eigenvalue weighted by molar-refractivity contribution is 14.0. The van der Waals surface area contributed by atoms with E-state index in [-0.39, 0.29) is 35.5 Å². The fraction of sp³-hybridized carbons (Fsp3) is 0.727. The van der Waals surface area contributed by atoms with E-state index in [1.54, 1.807) is 6.20 Å². The Balaban J connectivity index is 0.00000320. The van der Waals surface area contributed by atoms with E-state index >= 15 is 0 Å². The number of ether oxygens (including phenoxy) is 1. The van der Waals surface area contributed by atoms with Gasteiger partial charge in [0.25, 0.3) is 0 Å². The van der Waals surface area contributed by atoms with Gasteiger partial charge >= 0.3 is 0 Å². The maximum atomic E-state index is 6.32. The van der Waals surface area contributed by atoms with Crippen molar-refractivity contribution >= 4 is 47.4 Å². The minimum absolute atomic E-state index is 0. The average molecular weight is 550 g/mol. The summed E-state index contributed by atoms with van der Waals surface area (Å²) in [5, 5.41) is 7.73. The molecule has 0 amide bonds. The van der Waals surface area contributed by atoms with Crippen LogP contribution >= 0.6 is 35.6 Å². The Morgan fingerprint density at radius 1 is 1.37 bits per heavy atom. The Labute approximate surface area is 203 Å². The SMILES string of the molecule is CCNC(=NCC1CCCOC1C(C)(C)C)NC1CCN(c2ncccc2Cl)C1.I. The molecule has 170 valence electrons. The Kier molecular flexibility index (Phi) is 9.94. The lowest BCUT2D eigenvalue weighted by Gasteiger charge is -2.39. The van der Waals surface area contributed by atoms with Crippen LogP contribution in [0.5, 0.6) is 0 Å². The number of halogens is 2. The van der Waals surface area contributed by atoms with Crippen LogP contribution in [0.1, 0.15) is 47.0 Å². The third-order valence-corrected chi connectivity index (χ3v) is 5.99. The van der Waals surface area contributed by atoms with Crippen LogP contribution in [0.25, 0.3) is 0 Å². The molecule has 6 nitrogen and oxygen atoms in total. The molecule has 3 heterocycles. The summed E-state index contributed by atoms with van der Waals surface area (Å²) in [5.41, 5.74) is 0.139. The first-order valence-corrected chi connectivity index (χ1v) is 11.3. The van der Waals surface area contributed by atoms with E-state index in [0.717, 1.165) is 57.4 Å². The van der Waals surface area contributed by atoms with Crippen LogP contribution in [0.2, 0.25) is 5.02 Å². The van der Waals surface area contributed by atoms with Crippen LogP contribution < -0.4 is 15.5 Å². The predicted octanol–water partition coefficient (Wildman–Crippen LogP) is 4.33. The molecule has 30 heavy (non-hydrogen) atoms. The number of anilines is 1. The number of rotatable bonds is 5. The molecule has 2 aliphatic heterocycles. The van der Waals surface area contributed by atoms with Crippen molar-refractivity contribution in [2.24, 2.45) is 16.3 Å². The third kappa shape index (κ3) is 6.85. The number of nitrogens with one attached hydrogen (secondary N) is 2. The molecule has 3 unspecified atom stereocenters. The summed E-state index contributed by atoms with van der Waals surface area (Å²) >= 11 is 6.32. The highest BCUT2D eigenvalue weighted by Crippen LogP contribution is 2.34. The van der Waals surface area contributed by atoms with Crippen molar-refractivity contribution in [3.63, 3.8) is 0 Å². The molecule has 2 N–H and O–H groups in total. The van der Waals surface area contributed by atoms with Crippen LogP contribution in [0.4, 0.5) is 5.82 Å². The molecule has 3 atom stereocenters. The zero-order chi connectivity index (χ0) is 20.9. The van der Waals surface area contributed by atoms with Crippen LogP contribution in [-0.2, 0) is 4.74 Å². The Hall–Kier alpha value is -0.800. The summed E-state index contributed by atoms with van der Waals surface area (Å²) in [6.07, 6.45) is 5.40. The average Bonchev–Trinajstić information content (AvgIpc) is 3.14. The molecule has 0 spiro atoms. The van der Waals surface area contributed by atoms with E-state index in [4.69, 9.17) is 21.3 Å². The molecule has 1 aromatic rings. The lowest BCUT2D eigenvalue weighted by molar-refractivity contribution is -0.0823. The van der Waals surface area contributed by atoms with E-state index < -0.39 is 0 Å². The Morgan fingerprint density at radius 2 is 2.17 bits per heavy atom. The smallest absolute Gasteiger partial charge is 0.191 e. The first-order valence-electron chi connectivity index (χ1n) is 10.9. The Bertz CT molecular complexity index is 696. The molecule has 0 aromatic carbocycles. The van der Waals surface area contributed by atoms with Crippen molar-refractivity contribution in [1.82, 2.24) is 15.6 Å². The van der Waals surface area contributed by atoms with Gasteiger partial charge in [0, 0.05) is 50.9 Å². The summed E-state index contributed by atoms with van der Waals surface area (Å²) in [7, 11) is 0. The molecule has 1 aromatic heterocycles. The summed E-state index contributed by atoms with van der Waals surface area (Å²) in [5.74, 6) is 2.23. The van der Waals surface area contributed by atoms with Crippen LogP contribution in [0, 0.1) is 11.3 Å². The monoisotopic (exact) mass is 549 g/mol. The molecule has 2 saturated heterocycles. The summed E-state index contributed by atoms with van der Waals surface area (Å²) < 4.78 is 6.12. The summed E-state index contributed by atoms with van der Waals surface area (Å²) in [6, 6.07) is 4.09. The second-order valence-electron chi connectivity index (χ2n) is 9.16. The van der Waals surface area contributed by atoms with Gasteiger partial charge in [-0.05, 0) is 43.7 Å². The van der Waals surface area contributed by atoms with Crippen molar-refractivity contribution < 1.29 is 4.74 Å². The topological polar surface area (TPSA) is 61.8 Å². The zero-order valence-corrected chi connectivity index (χ0v) is 21.7. The van der Waals surface area contributed by atoms with Gasteiger partial charge in [0.15, 0.2) is 5.96 Å². The van der Waals surface area contributed by atoms with E-state index in [9.17, 15) is 0 Å². The van der Waals surface area contributed by atoms with E-state index in [0.29, 0.717) is 17.0 Å². The minimum atomic E-state index is 0. The van der Waals surface area contributed by atoms with E-state index in [1.807, 2.05) is 12.1 Å². The van der Waals surface area contributed by atoms with Gasteiger partial charge in [-0.15, -0.1) is 24.0 Å². The number of hydrogen-bond acceptors (Lipinski definition) is 4. The van der Waals surface area contributed by atoms with Crippen LogP contribution in [-0.4, -0.2) is 55.9 Å². The maximum absolute atomic E-state index is 6.32. The lowest BCUT2D eigenvalue weighted by Crippen LogP contribution is -2.46. The number of guanidine groups is 1. The second kappa shape index (κ2) is 11.7. The molecule has 3 rings (SSSR count). The molecule has 0 radical (unpaired) electrons. The van der Waals surface area contributed by atoms with Gasteiger partial charge in [-0.1, -0.05) is 32.4 Å². The van der Waals surface area contributed by atoms with Gasteiger partial charge in [-0.3, -0.25) is 4.99 Å². The van der Waals surface area contributed by atoms with Crippen molar-refractivity contribution in [3.8, 4) is 0 Å².